The molecular formula is C41H34FN7O9S. The fraction of sp³-hybridized carbons (Fsp3) is 0.244. The Kier molecular flexibility index (Phi) is 10.8. The molecule has 1 unspecified atom stereocenters. The maximum atomic E-state index is 15.5. The molecule has 18 heteroatoms. The minimum atomic E-state index is -1.20. The summed E-state index contributed by atoms with van der Waals surface area (Å²) >= 11 is 5.68. The molecule has 300 valence electrons. The van der Waals surface area contributed by atoms with Crippen molar-refractivity contribution < 1.29 is 47.4 Å². The summed E-state index contributed by atoms with van der Waals surface area (Å²) in [6, 6.07) is 18.4. The molecule has 2 saturated heterocycles. The Balaban J connectivity index is 0.911. The molecule has 0 radical (unpaired) electrons. The Hall–Kier alpha value is -7.26. The molecule has 3 aromatic carbocycles. The predicted molar refractivity (Wildman–Crippen MR) is 211 cm³/mol. The Morgan fingerprint density at radius 2 is 1.80 bits per heavy atom. The number of amides is 6. The van der Waals surface area contributed by atoms with Crippen molar-refractivity contribution in [3.8, 4) is 34.6 Å². The van der Waals surface area contributed by atoms with Gasteiger partial charge < -0.3 is 24.4 Å². The summed E-state index contributed by atoms with van der Waals surface area (Å²) in [6.45, 7) is 3.11. The van der Waals surface area contributed by atoms with Gasteiger partial charge in [-0.15, -0.1) is 0 Å². The van der Waals surface area contributed by atoms with Crippen LogP contribution in [-0.4, -0.2) is 88.9 Å². The second-order valence-electron chi connectivity index (χ2n) is 13.9. The molecule has 1 aromatic heterocycles. The third-order valence-corrected chi connectivity index (χ3v) is 10.3. The number of halogens is 1. The molecule has 16 nitrogen and oxygen atoms in total. The number of benzene rings is 3. The number of rotatable bonds is 12. The van der Waals surface area contributed by atoms with Gasteiger partial charge in [-0.05, 0) is 93.1 Å². The van der Waals surface area contributed by atoms with Crippen LogP contribution >= 0.6 is 12.2 Å². The van der Waals surface area contributed by atoms with Crippen LogP contribution in [0.4, 0.5) is 15.8 Å². The first-order chi connectivity index (χ1) is 28.3. The number of nitrogens with one attached hydrogen (secondary N) is 2. The maximum absolute atomic E-state index is 15.5. The topological polar surface area (TPSA) is 201 Å². The number of nitriles is 1. The first kappa shape index (κ1) is 40.0. The van der Waals surface area contributed by atoms with Gasteiger partial charge in [-0.1, -0.05) is 6.07 Å². The summed E-state index contributed by atoms with van der Waals surface area (Å²) in [5.41, 5.74) is 0.487. The smallest absolute Gasteiger partial charge is 0.266 e. The van der Waals surface area contributed by atoms with Crippen LogP contribution in [0.3, 0.4) is 0 Å². The highest BCUT2D eigenvalue weighted by Crippen LogP contribution is 2.40. The predicted octanol–water partition coefficient (Wildman–Crippen LogP) is 3.66. The zero-order valence-corrected chi connectivity index (χ0v) is 32.6. The first-order valence-corrected chi connectivity index (χ1v) is 18.6. The number of carbonyl (C=O) groups excluding carboxylic acids is 6. The Bertz CT molecular complexity index is 2490. The summed E-state index contributed by atoms with van der Waals surface area (Å²) in [6.07, 6.45) is 1.56. The lowest BCUT2D eigenvalue weighted by molar-refractivity contribution is -0.136. The highest BCUT2D eigenvalue weighted by atomic mass is 32.1. The SMILES string of the molecule is COc1c(C#N)ccc(N2C(=O)C(C)(C)N(c3ccc(-c4ccc(OCCNC(=O)COc5cccc6c5C(=O)N(C5CCC(=O)NC5=O)C6=O)cc4)nc3)C2=S)c1F. The van der Waals surface area contributed by atoms with Gasteiger partial charge in [-0.2, -0.15) is 5.26 Å². The number of methoxy groups -OCH3 is 1. The van der Waals surface area contributed by atoms with E-state index in [0.29, 0.717) is 17.1 Å². The van der Waals surface area contributed by atoms with Crippen LogP contribution in [0.1, 0.15) is 53.0 Å². The van der Waals surface area contributed by atoms with Crippen molar-refractivity contribution in [1.82, 2.24) is 20.5 Å². The zero-order chi connectivity index (χ0) is 42.2. The fourth-order valence-electron chi connectivity index (χ4n) is 7.02. The van der Waals surface area contributed by atoms with Crippen molar-refractivity contribution in [1.29, 1.82) is 5.26 Å². The van der Waals surface area contributed by atoms with Crippen molar-refractivity contribution in [2.75, 3.05) is 36.7 Å². The van der Waals surface area contributed by atoms with Crippen molar-refractivity contribution in [3.63, 3.8) is 0 Å². The van der Waals surface area contributed by atoms with E-state index >= 15 is 4.39 Å². The largest absolute Gasteiger partial charge is 0.492 e. The van der Waals surface area contributed by atoms with Gasteiger partial charge in [0.25, 0.3) is 23.6 Å². The standard InChI is InChI=1S/C41H34FN7O9S/c1-41(2)39(55)48(28-14-9-23(19-43)35(56-3)34(28)42)40(59)49(41)24-10-13-27(45-20-24)22-7-11-25(12-8-22)57-18-17-44-32(51)21-58-30-6-4-5-26-33(30)38(54)47(37(26)53)29-15-16-31(50)46-36(29)52/h4-14,20,29H,15-18,21H2,1-3H3,(H,44,51)(H,46,50,52). The van der Waals surface area contributed by atoms with E-state index in [1.54, 1.807) is 61.3 Å². The maximum Gasteiger partial charge on any atom is 0.266 e. The lowest BCUT2D eigenvalue weighted by Gasteiger charge is -2.29. The lowest BCUT2D eigenvalue weighted by atomic mass is 10.0. The van der Waals surface area contributed by atoms with E-state index in [1.807, 2.05) is 6.07 Å². The molecule has 4 heterocycles. The highest BCUT2D eigenvalue weighted by molar-refractivity contribution is 7.81. The van der Waals surface area contributed by atoms with Gasteiger partial charge in [0.1, 0.15) is 35.8 Å². The first-order valence-electron chi connectivity index (χ1n) is 18.2. The van der Waals surface area contributed by atoms with Gasteiger partial charge in [0.2, 0.25) is 11.8 Å². The van der Waals surface area contributed by atoms with Crippen molar-refractivity contribution in [2.45, 2.75) is 38.3 Å². The van der Waals surface area contributed by atoms with E-state index in [0.717, 1.165) is 15.4 Å². The van der Waals surface area contributed by atoms with Gasteiger partial charge in [0, 0.05) is 12.0 Å². The number of pyridine rings is 1. The zero-order valence-electron chi connectivity index (χ0n) is 31.7. The molecule has 0 spiro atoms. The molecule has 59 heavy (non-hydrogen) atoms. The quantitative estimate of drug-likeness (QED) is 0.119. The average molecular weight is 820 g/mol. The third-order valence-electron chi connectivity index (χ3n) is 9.95. The van der Waals surface area contributed by atoms with Crippen LogP contribution in [0.5, 0.6) is 17.2 Å². The van der Waals surface area contributed by atoms with Crippen molar-refractivity contribution in [3.05, 3.63) is 95.4 Å². The number of hydrogen-bond donors (Lipinski definition) is 2. The minimum Gasteiger partial charge on any atom is -0.492 e. The number of nitrogens with zero attached hydrogens (tertiary/aromatic N) is 5. The number of ether oxygens (including phenoxy) is 3. The van der Waals surface area contributed by atoms with Crippen LogP contribution in [-0.2, 0) is 19.2 Å². The Labute approximate surface area is 341 Å². The molecular weight excluding hydrogens is 786 g/mol. The van der Waals surface area contributed by atoms with Crippen molar-refractivity contribution in [2.24, 2.45) is 0 Å². The van der Waals surface area contributed by atoms with E-state index in [2.05, 4.69) is 15.6 Å². The average Bonchev–Trinajstić information content (AvgIpc) is 3.58. The number of aromatic nitrogens is 1. The fourth-order valence-corrected chi connectivity index (χ4v) is 7.53. The summed E-state index contributed by atoms with van der Waals surface area (Å²) in [5.74, 6) is -4.27. The van der Waals surface area contributed by atoms with Gasteiger partial charge >= 0.3 is 0 Å². The van der Waals surface area contributed by atoms with E-state index in [4.69, 9.17) is 26.4 Å². The molecule has 0 saturated carbocycles. The van der Waals surface area contributed by atoms with E-state index in [9.17, 15) is 34.0 Å². The summed E-state index contributed by atoms with van der Waals surface area (Å²) in [7, 11) is 1.23. The monoisotopic (exact) mass is 819 g/mol. The number of carbonyl (C=O) groups is 6. The van der Waals surface area contributed by atoms with Crippen LogP contribution in [0.25, 0.3) is 11.3 Å². The van der Waals surface area contributed by atoms with Crippen molar-refractivity contribution >= 4 is 64.1 Å². The number of imide groups is 2. The van der Waals surface area contributed by atoms with Gasteiger partial charge in [-0.3, -0.25) is 48.9 Å². The molecule has 2 N–H and O–H groups in total. The van der Waals surface area contributed by atoms with E-state index in [1.165, 1.54) is 37.4 Å². The molecule has 3 aliphatic rings. The molecule has 2 fully saturated rings. The number of fused-ring (bicyclic) bond motifs is 1. The van der Waals surface area contributed by atoms with E-state index in [-0.39, 0.29) is 65.0 Å². The second-order valence-corrected chi connectivity index (χ2v) is 14.3. The molecule has 4 aromatic rings. The normalized spacial score (nSPS) is 17.1. The van der Waals surface area contributed by atoms with Crippen LogP contribution in [0.2, 0.25) is 0 Å². The number of hydrogen-bond acceptors (Lipinski definition) is 12. The third kappa shape index (κ3) is 7.27. The number of piperidine rings is 1. The molecule has 6 amide bonds. The molecule has 7 rings (SSSR count). The van der Waals surface area contributed by atoms with Gasteiger partial charge in [0.05, 0.1) is 53.6 Å². The van der Waals surface area contributed by atoms with Crippen LogP contribution in [0, 0.1) is 17.1 Å². The minimum absolute atomic E-state index is 0.00843. The van der Waals surface area contributed by atoms with Crippen LogP contribution < -0.4 is 34.6 Å². The Morgan fingerprint density at radius 1 is 1.03 bits per heavy atom. The molecule has 0 aliphatic carbocycles. The number of anilines is 2. The summed E-state index contributed by atoms with van der Waals surface area (Å²) in [5, 5.41) is 14.2. The molecule has 1 atom stereocenters. The molecule has 3 aliphatic heterocycles. The van der Waals surface area contributed by atoms with Gasteiger partial charge in [0.15, 0.2) is 23.3 Å². The number of thiocarbonyl (C=S) groups is 1. The second kappa shape index (κ2) is 15.9. The van der Waals surface area contributed by atoms with Crippen LogP contribution in [0.15, 0.2) is 72.9 Å². The summed E-state index contributed by atoms with van der Waals surface area (Å²) in [4.78, 5) is 84.5. The van der Waals surface area contributed by atoms with E-state index < -0.39 is 59.4 Å². The molecule has 0 bridgehead atoms. The highest BCUT2D eigenvalue weighted by Gasteiger charge is 2.51. The van der Waals surface area contributed by atoms with Gasteiger partial charge in [-0.25, -0.2) is 4.39 Å². The summed E-state index contributed by atoms with van der Waals surface area (Å²) < 4.78 is 31.9. The Morgan fingerprint density at radius 3 is 2.47 bits per heavy atom. The lowest BCUT2D eigenvalue weighted by Crippen LogP contribution is -2.54.